The monoisotopic (exact) mass is 493 g/mol. The molecule has 1 N–H and O–H groups in total. The Kier molecular flexibility index (Phi) is 6.94. The van der Waals surface area contributed by atoms with Crippen LogP contribution in [0.4, 0.5) is 10.1 Å². The highest BCUT2D eigenvalue weighted by molar-refractivity contribution is 6.51. The van der Waals surface area contributed by atoms with Crippen LogP contribution in [0.15, 0.2) is 72.3 Å². The van der Waals surface area contributed by atoms with E-state index in [-0.39, 0.29) is 28.1 Å². The van der Waals surface area contributed by atoms with Crippen molar-refractivity contribution < 1.29 is 23.8 Å². The average molecular weight is 494 g/mol. The maximum atomic E-state index is 13.8. The van der Waals surface area contributed by atoms with E-state index in [4.69, 9.17) is 16.3 Å². The number of rotatable bonds is 6. The minimum Gasteiger partial charge on any atom is -0.507 e. The number of amides is 1. The Morgan fingerprint density at radius 3 is 2.29 bits per heavy atom. The van der Waals surface area contributed by atoms with Crippen molar-refractivity contribution in [3.8, 4) is 5.75 Å². The Bertz CT molecular complexity index is 1300. The Hall–Kier alpha value is -3.64. The summed E-state index contributed by atoms with van der Waals surface area (Å²) in [6.07, 6.45) is 0.798. The number of hydrogen-bond donors (Lipinski definition) is 1. The van der Waals surface area contributed by atoms with Gasteiger partial charge in [-0.3, -0.25) is 14.5 Å². The van der Waals surface area contributed by atoms with E-state index in [0.29, 0.717) is 16.9 Å². The SMILES string of the molecule is CCc1ccc(C2/C(=C(\O)c3ccc(OC(C)C)cc3)C(=O)C(=O)N2c2ccc(F)c(Cl)c2)cc1. The molecule has 3 aromatic rings. The van der Waals surface area contributed by atoms with E-state index >= 15 is 0 Å². The summed E-state index contributed by atoms with van der Waals surface area (Å²) in [4.78, 5) is 27.7. The van der Waals surface area contributed by atoms with Gasteiger partial charge in [0.05, 0.1) is 22.7 Å². The third kappa shape index (κ3) is 4.80. The molecule has 35 heavy (non-hydrogen) atoms. The number of aryl methyl sites for hydroxylation is 1. The third-order valence-electron chi connectivity index (χ3n) is 5.83. The van der Waals surface area contributed by atoms with Crippen LogP contribution in [0.2, 0.25) is 5.02 Å². The number of halogens is 2. The van der Waals surface area contributed by atoms with Crippen molar-refractivity contribution in [1.29, 1.82) is 0 Å². The number of carbonyl (C=O) groups excluding carboxylic acids is 2. The molecule has 1 aliphatic rings. The van der Waals surface area contributed by atoms with Crippen LogP contribution in [0.1, 0.15) is 43.5 Å². The molecule has 1 heterocycles. The zero-order valence-corrected chi connectivity index (χ0v) is 20.3. The number of nitrogens with zero attached hydrogens (tertiary/aromatic N) is 1. The van der Waals surface area contributed by atoms with Gasteiger partial charge in [-0.25, -0.2) is 4.39 Å². The maximum Gasteiger partial charge on any atom is 0.300 e. The molecule has 1 unspecified atom stereocenters. The van der Waals surface area contributed by atoms with E-state index in [1.54, 1.807) is 24.3 Å². The lowest BCUT2D eigenvalue weighted by molar-refractivity contribution is -0.132. The summed E-state index contributed by atoms with van der Waals surface area (Å²) in [7, 11) is 0. The lowest BCUT2D eigenvalue weighted by Crippen LogP contribution is -2.29. The molecular weight excluding hydrogens is 469 g/mol. The highest BCUT2D eigenvalue weighted by atomic mass is 35.5. The molecule has 1 atom stereocenters. The molecule has 180 valence electrons. The number of benzene rings is 3. The van der Waals surface area contributed by atoms with Gasteiger partial charge in [-0.2, -0.15) is 0 Å². The molecule has 3 aromatic carbocycles. The average Bonchev–Trinajstić information content (AvgIpc) is 3.11. The smallest absolute Gasteiger partial charge is 0.300 e. The van der Waals surface area contributed by atoms with E-state index in [1.165, 1.54) is 17.0 Å². The normalized spacial score (nSPS) is 17.3. The first-order valence-electron chi connectivity index (χ1n) is 11.3. The molecular formula is C28H25ClFNO4. The van der Waals surface area contributed by atoms with Gasteiger partial charge < -0.3 is 9.84 Å². The van der Waals surface area contributed by atoms with Crippen LogP contribution >= 0.6 is 11.6 Å². The van der Waals surface area contributed by atoms with Crippen LogP contribution in [-0.2, 0) is 16.0 Å². The topological polar surface area (TPSA) is 66.8 Å². The Morgan fingerprint density at radius 2 is 1.71 bits per heavy atom. The first-order chi connectivity index (χ1) is 16.7. The van der Waals surface area contributed by atoms with Crippen LogP contribution < -0.4 is 9.64 Å². The molecule has 0 spiro atoms. The summed E-state index contributed by atoms with van der Waals surface area (Å²) >= 11 is 5.98. The second kappa shape index (κ2) is 9.92. The summed E-state index contributed by atoms with van der Waals surface area (Å²) in [5.74, 6) is -2.00. The van der Waals surface area contributed by atoms with E-state index in [0.717, 1.165) is 18.1 Å². The van der Waals surface area contributed by atoms with Crippen LogP contribution in [0, 0.1) is 5.82 Å². The second-order valence-electron chi connectivity index (χ2n) is 8.55. The summed E-state index contributed by atoms with van der Waals surface area (Å²) in [5.41, 5.74) is 2.27. The first kappa shape index (κ1) is 24.5. The molecule has 1 aliphatic heterocycles. The van der Waals surface area contributed by atoms with Gasteiger partial charge in [-0.15, -0.1) is 0 Å². The van der Waals surface area contributed by atoms with Crippen LogP contribution in [0.25, 0.3) is 5.76 Å². The fraction of sp³-hybridized carbons (Fsp3) is 0.214. The van der Waals surface area contributed by atoms with Gasteiger partial charge in [0.25, 0.3) is 11.7 Å². The van der Waals surface area contributed by atoms with Crippen molar-refractivity contribution in [2.45, 2.75) is 39.3 Å². The summed E-state index contributed by atoms with van der Waals surface area (Å²) in [6, 6.07) is 17.0. The fourth-order valence-corrected chi connectivity index (χ4v) is 4.28. The quantitative estimate of drug-likeness (QED) is 0.243. The van der Waals surface area contributed by atoms with Crippen LogP contribution in [0.3, 0.4) is 0 Å². The Morgan fingerprint density at radius 1 is 1.06 bits per heavy atom. The maximum absolute atomic E-state index is 13.8. The van der Waals surface area contributed by atoms with Gasteiger partial charge in [0.15, 0.2) is 0 Å². The summed E-state index contributed by atoms with van der Waals surface area (Å²) in [6.45, 7) is 5.83. The minimum atomic E-state index is -0.922. The molecule has 0 bridgehead atoms. The van der Waals surface area contributed by atoms with E-state index in [2.05, 4.69) is 0 Å². The largest absolute Gasteiger partial charge is 0.507 e. The number of anilines is 1. The van der Waals surface area contributed by atoms with Gasteiger partial charge in [0.1, 0.15) is 17.3 Å². The minimum absolute atomic E-state index is 0.0200. The molecule has 1 saturated heterocycles. The lowest BCUT2D eigenvalue weighted by atomic mass is 9.94. The molecule has 0 radical (unpaired) electrons. The van der Waals surface area contributed by atoms with Crippen molar-refractivity contribution >= 4 is 34.7 Å². The number of aliphatic hydroxyl groups is 1. The van der Waals surface area contributed by atoms with E-state index < -0.39 is 23.5 Å². The first-order valence-corrected chi connectivity index (χ1v) is 11.7. The van der Waals surface area contributed by atoms with Crippen molar-refractivity contribution in [2.75, 3.05) is 4.90 Å². The van der Waals surface area contributed by atoms with Crippen molar-refractivity contribution in [3.05, 3.63) is 99.8 Å². The van der Waals surface area contributed by atoms with Crippen molar-refractivity contribution in [1.82, 2.24) is 0 Å². The number of Topliss-reactive ketones (excluding diaryl/α,β-unsaturated/α-hetero) is 1. The fourth-order valence-electron chi connectivity index (χ4n) is 4.10. The molecule has 0 aromatic heterocycles. The van der Waals surface area contributed by atoms with Crippen molar-refractivity contribution in [2.24, 2.45) is 0 Å². The van der Waals surface area contributed by atoms with Gasteiger partial charge in [-0.1, -0.05) is 42.8 Å². The molecule has 5 nitrogen and oxygen atoms in total. The Labute approximate surface area is 208 Å². The second-order valence-corrected chi connectivity index (χ2v) is 8.96. The zero-order valence-electron chi connectivity index (χ0n) is 19.6. The number of ether oxygens (including phenoxy) is 1. The Balaban J connectivity index is 1.87. The lowest BCUT2D eigenvalue weighted by Gasteiger charge is -2.26. The molecule has 0 saturated carbocycles. The highest BCUT2D eigenvalue weighted by Gasteiger charge is 2.47. The summed E-state index contributed by atoms with van der Waals surface area (Å²) in [5, 5.41) is 11.1. The standard InChI is InChI=1S/C28H25ClFNO4/c1-4-17-5-7-18(8-6-17)25-24(26(32)19-9-12-21(13-10-19)35-16(2)3)27(33)28(34)31(25)20-11-14-23(30)22(29)15-20/h5-16,25,32H,4H2,1-3H3/b26-24+. The predicted octanol–water partition coefficient (Wildman–Crippen LogP) is 6.46. The predicted molar refractivity (Wildman–Crippen MR) is 134 cm³/mol. The number of ketones is 1. The number of hydrogen-bond acceptors (Lipinski definition) is 4. The molecule has 1 fully saturated rings. The number of aliphatic hydroxyl groups excluding tert-OH is 1. The highest BCUT2D eigenvalue weighted by Crippen LogP contribution is 2.43. The van der Waals surface area contributed by atoms with Crippen LogP contribution in [0.5, 0.6) is 5.75 Å². The molecule has 1 amide bonds. The summed E-state index contributed by atoms with van der Waals surface area (Å²) < 4.78 is 19.5. The molecule has 7 heteroatoms. The number of carbonyl (C=O) groups is 2. The third-order valence-corrected chi connectivity index (χ3v) is 6.12. The van der Waals surface area contributed by atoms with Crippen molar-refractivity contribution in [3.63, 3.8) is 0 Å². The van der Waals surface area contributed by atoms with Crippen LogP contribution in [-0.4, -0.2) is 22.9 Å². The molecule has 4 rings (SSSR count). The van der Waals surface area contributed by atoms with Gasteiger partial charge in [-0.05, 0) is 73.9 Å². The van der Waals surface area contributed by atoms with E-state index in [9.17, 15) is 19.1 Å². The van der Waals surface area contributed by atoms with Gasteiger partial charge in [0, 0.05) is 11.3 Å². The molecule has 0 aliphatic carbocycles. The van der Waals surface area contributed by atoms with E-state index in [1.807, 2.05) is 45.0 Å². The van der Waals surface area contributed by atoms with Gasteiger partial charge in [0.2, 0.25) is 0 Å². The van der Waals surface area contributed by atoms with Gasteiger partial charge >= 0.3 is 0 Å². The zero-order chi connectivity index (χ0) is 25.3.